The third-order valence-corrected chi connectivity index (χ3v) is 4.89. The summed E-state index contributed by atoms with van der Waals surface area (Å²) in [5.74, 6) is 2.46. The first-order valence-corrected chi connectivity index (χ1v) is 10.4. The SMILES string of the molecule is CCCCSCC(CCC)OCN(CCCC)CCCC. The average Bonchev–Trinajstić information content (AvgIpc) is 2.50. The minimum atomic E-state index is 0.447. The zero-order chi connectivity index (χ0) is 15.8. The van der Waals surface area contributed by atoms with Crippen molar-refractivity contribution in [3.8, 4) is 0 Å². The van der Waals surface area contributed by atoms with Gasteiger partial charge in [0.25, 0.3) is 0 Å². The highest BCUT2D eigenvalue weighted by Crippen LogP contribution is 2.13. The molecule has 0 aromatic heterocycles. The molecular formula is C18H39NOS. The molecule has 0 radical (unpaired) electrons. The van der Waals surface area contributed by atoms with Crippen molar-refractivity contribution in [2.24, 2.45) is 0 Å². The second kappa shape index (κ2) is 16.6. The van der Waals surface area contributed by atoms with Crippen LogP contribution in [0, 0.1) is 0 Å². The van der Waals surface area contributed by atoms with Gasteiger partial charge in [0.05, 0.1) is 12.8 Å². The highest BCUT2D eigenvalue weighted by molar-refractivity contribution is 7.99. The monoisotopic (exact) mass is 317 g/mol. The van der Waals surface area contributed by atoms with Gasteiger partial charge in [-0.1, -0.05) is 53.4 Å². The van der Waals surface area contributed by atoms with E-state index in [4.69, 9.17) is 4.74 Å². The summed E-state index contributed by atoms with van der Waals surface area (Å²) in [6.45, 7) is 12.3. The lowest BCUT2D eigenvalue weighted by Gasteiger charge is -2.25. The highest BCUT2D eigenvalue weighted by atomic mass is 32.2. The van der Waals surface area contributed by atoms with Crippen LogP contribution < -0.4 is 0 Å². The zero-order valence-electron chi connectivity index (χ0n) is 15.0. The van der Waals surface area contributed by atoms with E-state index in [0.717, 1.165) is 6.73 Å². The molecule has 0 aromatic rings. The standard InChI is InChI=1S/C18H39NOS/c1-5-9-13-19(14-10-6-2)17-20-18(12-8-4)16-21-15-11-7-3/h18H,5-17H2,1-4H3. The van der Waals surface area contributed by atoms with Crippen molar-refractivity contribution in [1.29, 1.82) is 0 Å². The van der Waals surface area contributed by atoms with Gasteiger partial charge < -0.3 is 4.74 Å². The van der Waals surface area contributed by atoms with Gasteiger partial charge >= 0.3 is 0 Å². The Kier molecular flexibility index (Phi) is 16.9. The fourth-order valence-corrected chi connectivity index (χ4v) is 3.40. The van der Waals surface area contributed by atoms with Crippen LogP contribution in [-0.4, -0.2) is 42.3 Å². The Morgan fingerprint density at radius 1 is 0.857 bits per heavy atom. The largest absolute Gasteiger partial charge is 0.362 e. The summed E-state index contributed by atoms with van der Waals surface area (Å²) in [5, 5.41) is 0. The van der Waals surface area contributed by atoms with Gasteiger partial charge in [-0.15, -0.1) is 0 Å². The lowest BCUT2D eigenvalue weighted by Crippen LogP contribution is -2.32. The summed E-state index contributed by atoms with van der Waals surface area (Å²) in [7, 11) is 0. The molecule has 128 valence electrons. The van der Waals surface area contributed by atoms with Gasteiger partial charge in [-0.25, -0.2) is 0 Å². The maximum Gasteiger partial charge on any atom is 0.0994 e. The number of hydrogen-bond donors (Lipinski definition) is 0. The number of nitrogens with zero attached hydrogens (tertiary/aromatic N) is 1. The summed E-state index contributed by atoms with van der Waals surface area (Å²) in [6, 6.07) is 0. The van der Waals surface area contributed by atoms with Gasteiger partial charge in [0, 0.05) is 18.8 Å². The van der Waals surface area contributed by atoms with Crippen molar-refractivity contribution in [2.75, 3.05) is 31.3 Å². The maximum atomic E-state index is 6.22. The van der Waals surface area contributed by atoms with E-state index in [0.29, 0.717) is 6.10 Å². The van der Waals surface area contributed by atoms with Crippen molar-refractivity contribution in [2.45, 2.75) is 85.2 Å². The van der Waals surface area contributed by atoms with Gasteiger partial charge in [0.2, 0.25) is 0 Å². The second-order valence-corrected chi connectivity index (χ2v) is 7.11. The molecule has 0 heterocycles. The van der Waals surface area contributed by atoms with Gasteiger partial charge in [-0.3, -0.25) is 4.90 Å². The summed E-state index contributed by atoms with van der Waals surface area (Å²) >= 11 is 2.07. The van der Waals surface area contributed by atoms with E-state index in [9.17, 15) is 0 Å². The summed E-state index contributed by atoms with van der Waals surface area (Å²) in [6.07, 6.45) is 10.6. The Hall–Kier alpha value is 0.270. The van der Waals surface area contributed by atoms with Gasteiger partial charge in [0.15, 0.2) is 0 Å². The van der Waals surface area contributed by atoms with Crippen molar-refractivity contribution in [3.63, 3.8) is 0 Å². The van der Waals surface area contributed by atoms with Crippen LogP contribution >= 0.6 is 11.8 Å². The van der Waals surface area contributed by atoms with Gasteiger partial charge in [-0.05, 0) is 31.4 Å². The Morgan fingerprint density at radius 3 is 2.00 bits per heavy atom. The molecule has 2 nitrogen and oxygen atoms in total. The minimum absolute atomic E-state index is 0.447. The smallest absolute Gasteiger partial charge is 0.0994 e. The zero-order valence-corrected chi connectivity index (χ0v) is 15.8. The minimum Gasteiger partial charge on any atom is -0.362 e. The first-order valence-electron chi connectivity index (χ1n) is 9.20. The van der Waals surface area contributed by atoms with Crippen molar-refractivity contribution >= 4 is 11.8 Å². The first kappa shape index (κ1) is 21.3. The predicted octanol–water partition coefficient (Wildman–Crippen LogP) is 5.56. The molecule has 1 atom stereocenters. The molecule has 0 fully saturated rings. The molecule has 3 heteroatoms. The molecule has 0 N–H and O–H groups in total. The molecule has 0 aliphatic carbocycles. The number of unbranched alkanes of at least 4 members (excludes halogenated alkanes) is 3. The van der Waals surface area contributed by atoms with Crippen molar-refractivity contribution < 1.29 is 4.74 Å². The van der Waals surface area contributed by atoms with Crippen molar-refractivity contribution in [1.82, 2.24) is 4.90 Å². The van der Waals surface area contributed by atoms with Crippen LogP contribution in [0.15, 0.2) is 0 Å². The molecule has 0 aliphatic heterocycles. The third kappa shape index (κ3) is 13.6. The normalized spacial score (nSPS) is 13.0. The van der Waals surface area contributed by atoms with E-state index < -0.39 is 0 Å². The average molecular weight is 318 g/mol. The van der Waals surface area contributed by atoms with E-state index in [1.807, 2.05) is 0 Å². The number of rotatable bonds is 16. The van der Waals surface area contributed by atoms with Crippen LogP contribution in [0.5, 0.6) is 0 Å². The molecule has 21 heavy (non-hydrogen) atoms. The van der Waals surface area contributed by atoms with Crippen LogP contribution in [0.25, 0.3) is 0 Å². The fourth-order valence-electron chi connectivity index (χ4n) is 2.21. The molecule has 0 saturated heterocycles. The summed E-state index contributed by atoms with van der Waals surface area (Å²) < 4.78 is 6.22. The summed E-state index contributed by atoms with van der Waals surface area (Å²) in [4.78, 5) is 2.51. The predicted molar refractivity (Wildman–Crippen MR) is 98.3 cm³/mol. The van der Waals surface area contributed by atoms with E-state index in [1.54, 1.807) is 0 Å². The lowest BCUT2D eigenvalue weighted by molar-refractivity contribution is -0.0168. The molecule has 0 bridgehead atoms. The molecule has 1 unspecified atom stereocenters. The quantitative estimate of drug-likeness (QED) is 0.273. The topological polar surface area (TPSA) is 12.5 Å². The van der Waals surface area contributed by atoms with Crippen LogP contribution in [0.3, 0.4) is 0 Å². The Labute approximate surface area is 138 Å². The highest BCUT2D eigenvalue weighted by Gasteiger charge is 2.11. The molecule has 0 amide bonds. The first-order chi connectivity index (χ1) is 10.3. The Morgan fingerprint density at radius 2 is 1.48 bits per heavy atom. The lowest BCUT2D eigenvalue weighted by atomic mass is 10.2. The molecule has 0 rings (SSSR count). The molecule has 0 aliphatic rings. The second-order valence-electron chi connectivity index (χ2n) is 5.96. The molecule has 0 saturated carbocycles. The van der Waals surface area contributed by atoms with E-state index in [-0.39, 0.29) is 0 Å². The van der Waals surface area contributed by atoms with Crippen LogP contribution in [0.2, 0.25) is 0 Å². The molecule has 0 aromatic carbocycles. The van der Waals surface area contributed by atoms with Gasteiger partial charge in [-0.2, -0.15) is 11.8 Å². The number of ether oxygens (including phenoxy) is 1. The molecule has 0 spiro atoms. The molecular weight excluding hydrogens is 278 g/mol. The number of hydrogen-bond acceptors (Lipinski definition) is 3. The van der Waals surface area contributed by atoms with Crippen LogP contribution in [0.4, 0.5) is 0 Å². The van der Waals surface area contributed by atoms with Gasteiger partial charge in [0.1, 0.15) is 0 Å². The Balaban J connectivity index is 4.00. The Bertz CT molecular complexity index is 194. The van der Waals surface area contributed by atoms with E-state index >= 15 is 0 Å². The maximum absolute atomic E-state index is 6.22. The van der Waals surface area contributed by atoms with E-state index in [1.165, 1.54) is 76.0 Å². The number of thioether (sulfide) groups is 1. The van der Waals surface area contributed by atoms with Crippen LogP contribution in [-0.2, 0) is 4.74 Å². The summed E-state index contributed by atoms with van der Waals surface area (Å²) in [5.41, 5.74) is 0. The third-order valence-electron chi connectivity index (χ3n) is 3.71. The van der Waals surface area contributed by atoms with E-state index in [2.05, 4.69) is 44.4 Å². The van der Waals surface area contributed by atoms with Crippen molar-refractivity contribution in [3.05, 3.63) is 0 Å². The fraction of sp³-hybridized carbons (Fsp3) is 1.00. The van der Waals surface area contributed by atoms with Crippen LogP contribution in [0.1, 0.15) is 79.1 Å².